The average molecular weight is 312 g/mol. The number of aromatic nitrogens is 4. The molecular weight excluding hydrogens is 300 g/mol. The van der Waals surface area contributed by atoms with Crippen molar-refractivity contribution in [3.63, 3.8) is 0 Å². The Morgan fingerprint density at radius 2 is 2.00 bits per heavy atom. The summed E-state index contributed by atoms with van der Waals surface area (Å²) in [6.45, 7) is 0. The lowest BCUT2D eigenvalue weighted by atomic mass is 10.2. The van der Waals surface area contributed by atoms with Gasteiger partial charge >= 0.3 is 0 Å². The van der Waals surface area contributed by atoms with Gasteiger partial charge in [0.05, 0.1) is 29.2 Å². The van der Waals surface area contributed by atoms with E-state index in [4.69, 9.17) is 5.26 Å². The van der Waals surface area contributed by atoms with Gasteiger partial charge in [-0.3, -0.25) is 4.40 Å². The Morgan fingerprint density at radius 1 is 1.04 bits per heavy atom. The predicted octanol–water partition coefficient (Wildman–Crippen LogP) is 3.41. The summed E-state index contributed by atoms with van der Waals surface area (Å²) in [4.78, 5) is 13.2. The summed E-state index contributed by atoms with van der Waals surface area (Å²) in [7, 11) is 0. The van der Waals surface area contributed by atoms with Crippen molar-refractivity contribution in [2.24, 2.45) is 0 Å². The van der Waals surface area contributed by atoms with E-state index in [0.29, 0.717) is 11.5 Å². The van der Waals surface area contributed by atoms with Gasteiger partial charge in [-0.25, -0.2) is 15.0 Å². The van der Waals surface area contributed by atoms with Gasteiger partial charge in [-0.15, -0.1) is 0 Å². The number of fused-ring (bicyclic) bond motifs is 1. The molecule has 0 saturated carbocycles. The van der Waals surface area contributed by atoms with Crippen LogP contribution in [-0.2, 0) is 0 Å². The van der Waals surface area contributed by atoms with Crippen molar-refractivity contribution in [3.05, 3.63) is 72.7 Å². The number of nitrogens with one attached hydrogen (secondary N) is 1. The van der Waals surface area contributed by atoms with Crippen LogP contribution in [0.25, 0.3) is 17.0 Å². The van der Waals surface area contributed by atoms with Gasteiger partial charge in [0, 0.05) is 18.1 Å². The van der Waals surface area contributed by atoms with Crippen LogP contribution in [0, 0.1) is 11.3 Å². The zero-order chi connectivity index (χ0) is 16.4. The maximum atomic E-state index is 8.98. The fourth-order valence-corrected chi connectivity index (χ4v) is 2.48. The van der Waals surface area contributed by atoms with Crippen LogP contribution in [0.4, 0.5) is 11.6 Å². The molecule has 6 nitrogen and oxygen atoms in total. The largest absolute Gasteiger partial charge is 0.324 e. The van der Waals surface area contributed by atoms with Crippen LogP contribution in [0.5, 0.6) is 0 Å². The fourth-order valence-electron chi connectivity index (χ4n) is 2.48. The Hall–Kier alpha value is -3.72. The van der Waals surface area contributed by atoms with Crippen LogP contribution < -0.4 is 5.32 Å². The minimum absolute atomic E-state index is 0.466. The van der Waals surface area contributed by atoms with E-state index in [0.717, 1.165) is 22.7 Å². The molecular formula is C18H12N6. The summed E-state index contributed by atoms with van der Waals surface area (Å²) < 4.78 is 1.97. The van der Waals surface area contributed by atoms with Gasteiger partial charge in [-0.2, -0.15) is 5.26 Å². The Balaban J connectivity index is 1.70. The Kier molecular flexibility index (Phi) is 3.37. The molecule has 0 spiro atoms. The first-order valence-corrected chi connectivity index (χ1v) is 7.36. The Labute approximate surface area is 138 Å². The van der Waals surface area contributed by atoms with Gasteiger partial charge < -0.3 is 5.32 Å². The van der Waals surface area contributed by atoms with E-state index in [-0.39, 0.29) is 0 Å². The van der Waals surface area contributed by atoms with E-state index in [1.165, 1.54) is 0 Å². The third-order valence-electron chi connectivity index (χ3n) is 3.58. The molecule has 0 radical (unpaired) electrons. The second kappa shape index (κ2) is 5.82. The smallest absolute Gasteiger partial charge is 0.227 e. The minimum Gasteiger partial charge on any atom is -0.324 e. The van der Waals surface area contributed by atoms with E-state index in [1.54, 1.807) is 24.5 Å². The maximum Gasteiger partial charge on any atom is 0.227 e. The van der Waals surface area contributed by atoms with Gasteiger partial charge in [0.15, 0.2) is 0 Å². The molecule has 24 heavy (non-hydrogen) atoms. The molecule has 0 saturated heterocycles. The highest BCUT2D eigenvalue weighted by molar-refractivity contribution is 5.63. The van der Waals surface area contributed by atoms with Gasteiger partial charge in [0.2, 0.25) is 5.95 Å². The predicted molar refractivity (Wildman–Crippen MR) is 90.7 cm³/mol. The van der Waals surface area contributed by atoms with Crippen LogP contribution >= 0.6 is 0 Å². The first kappa shape index (κ1) is 13.9. The molecule has 0 atom stereocenters. The summed E-state index contributed by atoms with van der Waals surface area (Å²) in [6, 6.07) is 17.0. The van der Waals surface area contributed by atoms with Crippen LogP contribution in [0.1, 0.15) is 5.56 Å². The van der Waals surface area contributed by atoms with Crippen molar-refractivity contribution in [2.75, 3.05) is 5.32 Å². The monoisotopic (exact) mass is 312 g/mol. The first-order chi connectivity index (χ1) is 11.8. The lowest BCUT2D eigenvalue weighted by Crippen LogP contribution is -1.99. The van der Waals surface area contributed by atoms with Crippen molar-refractivity contribution in [2.45, 2.75) is 0 Å². The third kappa shape index (κ3) is 2.55. The Morgan fingerprint density at radius 3 is 2.92 bits per heavy atom. The topological polar surface area (TPSA) is 78.9 Å². The van der Waals surface area contributed by atoms with E-state index >= 15 is 0 Å². The van der Waals surface area contributed by atoms with Gasteiger partial charge in [0.25, 0.3) is 0 Å². The SMILES string of the molecule is N#Cc1cccc(Nc2nccc(-c3cnc4ccccn34)n2)c1. The third-order valence-corrected chi connectivity index (χ3v) is 3.58. The molecule has 6 heteroatoms. The van der Waals surface area contributed by atoms with Crippen molar-refractivity contribution < 1.29 is 0 Å². The Bertz CT molecular complexity index is 1060. The summed E-state index contributed by atoms with van der Waals surface area (Å²) in [6.07, 6.45) is 5.43. The average Bonchev–Trinajstić information content (AvgIpc) is 3.06. The molecule has 0 amide bonds. The number of anilines is 2. The second-order valence-electron chi connectivity index (χ2n) is 5.16. The molecule has 1 N–H and O–H groups in total. The number of rotatable bonds is 3. The van der Waals surface area contributed by atoms with Crippen LogP contribution in [0.2, 0.25) is 0 Å². The molecule has 114 valence electrons. The van der Waals surface area contributed by atoms with E-state index in [2.05, 4.69) is 26.3 Å². The number of imidazole rings is 1. The number of nitriles is 1. The van der Waals surface area contributed by atoms with Crippen molar-refractivity contribution in [1.82, 2.24) is 19.4 Å². The van der Waals surface area contributed by atoms with Gasteiger partial charge in [-0.1, -0.05) is 12.1 Å². The maximum absolute atomic E-state index is 8.98. The molecule has 0 aliphatic rings. The lowest BCUT2D eigenvalue weighted by Gasteiger charge is -2.06. The van der Waals surface area contributed by atoms with E-state index in [9.17, 15) is 0 Å². The summed E-state index contributed by atoms with van der Waals surface area (Å²) in [5, 5.41) is 12.1. The zero-order valence-corrected chi connectivity index (χ0v) is 12.6. The van der Waals surface area contributed by atoms with Gasteiger partial charge in [-0.05, 0) is 36.4 Å². The standard InChI is InChI=1S/C18H12N6/c19-11-13-4-3-5-14(10-13)22-18-20-8-7-15(23-18)16-12-21-17-6-1-2-9-24(16)17/h1-10,12H,(H,20,22,23). The number of nitrogens with zero attached hydrogens (tertiary/aromatic N) is 5. The molecule has 3 aromatic heterocycles. The summed E-state index contributed by atoms with van der Waals surface area (Å²) >= 11 is 0. The molecule has 4 rings (SSSR count). The van der Waals surface area contributed by atoms with E-state index in [1.807, 2.05) is 47.0 Å². The first-order valence-electron chi connectivity index (χ1n) is 7.36. The second-order valence-corrected chi connectivity index (χ2v) is 5.16. The van der Waals surface area contributed by atoms with Gasteiger partial charge in [0.1, 0.15) is 5.65 Å². The van der Waals surface area contributed by atoms with E-state index < -0.39 is 0 Å². The number of hydrogen-bond donors (Lipinski definition) is 1. The minimum atomic E-state index is 0.466. The number of hydrogen-bond acceptors (Lipinski definition) is 5. The highest BCUT2D eigenvalue weighted by atomic mass is 15.1. The van der Waals surface area contributed by atoms with Crippen molar-refractivity contribution in [3.8, 4) is 17.5 Å². The molecule has 0 aliphatic heterocycles. The van der Waals surface area contributed by atoms with Crippen LogP contribution in [0.15, 0.2) is 67.1 Å². The molecule has 4 aromatic rings. The quantitative estimate of drug-likeness (QED) is 0.627. The highest BCUT2D eigenvalue weighted by Crippen LogP contribution is 2.21. The molecule has 0 fully saturated rings. The highest BCUT2D eigenvalue weighted by Gasteiger charge is 2.08. The van der Waals surface area contributed by atoms with Crippen LogP contribution in [-0.4, -0.2) is 19.4 Å². The number of benzene rings is 1. The number of pyridine rings is 1. The summed E-state index contributed by atoms with van der Waals surface area (Å²) in [5.74, 6) is 0.466. The molecule has 0 bridgehead atoms. The normalized spacial score (nSPS) is 10.5. The zero-order valence-electron chi connectivity index (χ0n) is 12.6. The lowest BCUT2D eigenvalue weighted by molar-refractivity contribution is 1.13. The summed E-state index contributed by atoms with van der Waals surface area (Å²) in [5.41, 5.74) is 3.87. The van der Waals surface area contributed by atoms with Crippen molar-refractivity contribution >= 4 is 17.3 Å². The van der Waals surface area contributed by atoms with Crippen molar-refractivity contribution in [1.29, 1.82) is 5.26 Å². The fraction of sp³-hybridized carbons (Fsp3) is 0. The molecule has 3 heterocycles. The molecule has 0 unspecified atom stereocenters. The molecule has 1 aromatic carbocycles. The van der Waals surface area contributed by atoms with Crippen LogP contribution in [0.3, 0.4) is 0 Å². The molecule has 0 aliphatic carbocycles.